The van der Waals surface area contributed by atoms with E-state index < -0.39 is 0 Å². The molecule has 0 aliphatic carbocycles. The third kappa shape index (κ3) is 9.02. The van der Waals surface area contributed by atoms with E-state index in [1.165, 1.54) is 12.7 Å². The van der Waals surface area contributed by atoms with Gasteiger partial charge in [-0.2, -0.15) is 0 Å². The Morgan fingerprint density at radius 1 is 1.29 bits per heavy atom. The van der Waals surface area contributed by atoms with Gasteiger partial charge in [0.25, 0.3) is 6.47 Å². The Balaban J connectivity index is 0.000000892. The van der Waals surface area contributed by atoms with Gasteiger partial charge in [0.15, 0.2) is 0 Å². The zero-order valence-electron chi connectivity index (χ0n) is 17.4. The van der Waals surface area contributed by atoms with Crippen LogP contribution < -0.4 is 5.32 Å². The molecule has 0 saturated carbocycles. The summed E-state index contributed by atoms with van der Waals surface area (Å²) >= 11 is 0. The number of carbonyl (C=O) groups is 3. The van der Waals surface area contributed by atoms with E-state index in [2.05, 4.69) is 36.0 Å². The van der Waals surface area contributed by atoms with Crippen LogP contribution in [0.15, 0.2) is 30.3 Å². The minimum atomic E-state index is -0.271. The second-order valence-electron chi connectivity index (χ2n) is 7.39. The molecule has 156 valence electrons. The maximum Gasteiger partial charge on any atom is 0.292 e. The summed E-state index contributed by atoms with van der Waals surface area (Å²) in [6.45, 7) is 6.05. The summed E-state index contributed by atoms with van der Waals surface area (Å²) in [5.74, 6) is 0.755. The van der Waals surface area contributed by atoms with Gasteiger partial charge < -0.3 is 15.0 Å². The maximum absolute atomic E-state index is 12.4. The summed E-state index contributed by atoms with van der Waals surface area (Å²) in [7, 11) is 1.31. The Morgan fingerprint density at radius 2 is 1.96 bits per heavy atom. The molecule has 1 saturated heterocycles. The van der Waals surface area contributed by atoms with Crippen LogP contribution in [0, 0.1) is 5.92 Å². The second kappa shape index (κ2) is 13.7. The highest BCUT2D eigenvalue weighted by atomic mass is 16.5. The van der Waals surface area contributed by atoms with Gasteiger partial charge in [0.2, 0.25) is 11.8 Å². The molecule has 0 aromatic heterocycles. The van der Waals surface area contributed by atoms with Crippen LogP contribution in [0.4, 0.5) is 0 Å². The summed E-state index contributed by atoms with van der Waals surface area (Å²) in [6.07, 6.45) is 5.07. The predicted octanol–water partition coefficient (Wildman–Crippen LogP) is 2.95. The van der Waals surface area contributed by atoms with Gasteiger partial charge in [0.1, 0.15) is 6.04 Å². The predicted molar refractivity (Wildman–Crippen MR) is 110 cm³/mol. The minimum Gasteiger partial charge on any atom is -0.471 e. The molecule has 1 aliphatic rings. The van der Waals surface area contributed by atoms with Crippen molar-refractivity contribution >= 4 is 18.3 Å². The van der Waals surface area contributed by atoms with Crippen LogP contribution in [0.1, 0.15) is 51.5 Å². The van der Waals surface area contributed by atoms with Crippen LogP contribution in [0.3, 0.4) is 0 Å². The Morgan fingerprint density at radius 3 is 2.57 bits per heavy atom. The first-order valence-electron chi connectivity index (χ1n) is 10.1. The molecule has 1 heterocycles. The monoisotopic (exact) mass is 390 g/mol. The maximum atomic E-state index is 12.4. The van der Waals surface area contributed by atoms with Crippen molar-refractivity contribution < 1.29 is 19.1 Å². The summed E-state index contributed by atoms with van der Waals surface area (Å²) in [5, 5.41) is 3.00. The van der Waals surface area contributed by atoms with Crippen molar-refractivity contribution in [3.05, 3.63) is 35.9 Å². The third-order valence-electron chi connectivity index (χ3n) is 4.70. The number of nitrogens with one attached hydrogen (secondary N) is 1. The van der Waals surface area contributed by atoms with Crippen molar-refractivity contribution in [2.24, 2.45) is 5.92 Å². The molecule has 2 amide bonds. The molecule has 6 heteroatoms. The van der Waals surface area contributed by atoms with Crippen molar-refractivity contribution in [3.8, 4) is 0 Å². The van der Waals surface area contributed by atoms with E-state index in [9.17, 15) is 9.59 Å². The van der Waals surface area contributed by atoms with Crippen LogP contribution in [-0.2, 0) is 25.5 Å². The highest BCUT2D eigenvalue weighted by Crippen LogP contribution is 2.20. The fourth-order valence-corrected chi connectivity index (χ4v) is 3.24. The van der Waals surface area contributed by atoms with Crippen LogP contribution >= 0.6 is 0 Å². The lowest BCUT2D eigenvalue weighted by molar-refractivity contribution is -0.138. The molecule has 1 aliphatic heterocycles. The summed E-state index contributed by atoms with van der Waals surface area (Å²) < 4.78 is 3.86. The normalized spacial score (nSPS) is 15.6. The lowest BCUT2D eigenvalue weighted by atomic mass is 10.1. The quantitative estimate of drug-likeness (QED) is 0.658. The van der Waals surface area contributed by atoms with E-state index in [1.54, 1.807) is 4.90 Å². The highest BCUT2D eigenvalue weighted by molar-refractivity contribution is 5.88. The minimum absolute atomic E-state index is 0.000593. The van der Waals surface area contributed by atoms with Gasteiger partial charge in [-0.25, -0.2) is 0 Å². The lowest BCUT2D eigenvalue weighted by Gasteiger charge is -2.24. The smallest absolute Gasteiger partial charge is 0.292 e. The molecule has 1 aromatic carbocycles. The third-order valence-corrected chi connectivity index (χ3v) is 4.70. The molecule has 6 nitrogen and oxygen atoms in total. The molecule has 2 rings (SSSR count). The van der Waals surface area contributed by atoms with Gasteiger partial charge in [0.05, 0.1) is 7.11 Å². The zero-order valence-corrected chi connectivity index (χ0v) is 17.4. The van der Waals surface area contributed by atoms with Gasteiger partial charge in [0, 0.05) is 19.5 Å². The molecule has 0 radical (unpaired) electrons. The van der Waals surface area contributed by atoms with Crippen molar-refractivity contribution in [3.63, 3.8) is 0 Å². The SMILES string of the molecule is CC(C)CCCC(=O)N1CCCC1C(=O)NCCc1ccccc1.COC=O. The van der Waals surface area contributed by atoms with E-state index >= 15 is 0 Å². The number of likely N-dealkylation sites (tertiary alicyclic amines) is 1. The Hall–Kier alpha value is -2.37. The molecular weight excluding hydrogens is 356 g/mol. The number of nitrogens with zero attached hydrogens (tertiary/aromatic N) is 1. The number of amides is 2. The second-order valence-corrected chi connectivity index (χ2v) is 7.39. The van der Waals surface area contributed by atoms with Crippen molar-refractivity contribution in [1.82, 2.24) is 10.2 Å². The molecule has 1 N–H and O–H groups in total. The van der Waals surface area contributed by atoms with Crippen LogP contribution in [0.2, 0.25) is 0 Å². The molecular formula is C22H34N2O4. The van der Waals surface area contributed by atoms with Gasteiger partial charge in [-0.15, -0.1) is 0 Å². The fraction of sp³-hybridized carbons (Fsp3) is 0.591. The molecule has 0 bridgehead atoms. The number of carbonyl (C=O) groups excluding carboxylic acids is 3. The van der Waals surface area contributed by atoms with Crippen molar-refractivity contribution in [1.29, 1.82) is 0 Å². The van der Waals surface area contributed by atoms with Gasteiger partial charge in [-0.1, -0.05) is 50.6 Å². The molecule has 1 unspecified atom stereocenters. The summed E-state index contributed by atoms with van der Waals surface area (Å²) in [5.41, 5.74) is 1.21. The van der Waals surface area contributed by atoms with E-state index in [-0.39, 0.29) is 17.9 Å². The van der Waals surface area contributed by atoms with Gasteiger partial charge >= 0.3 is 0 Å². The number of methoxy groups -OCH3 is 1. The van der Waals surface area contributed by atoms with Crippen LogP contribution in [-0.4, -0.2) is 49.4 Å². The van der Waals surface area contributed by atoms with E-state index in [4.69, 9.17) is 4.79 Å². The largest absolute Gasteiger partial charge is 0.471 e. The van der Waals surface area contributed by atoms with E-state index in [0.717, 1.165) is 38.6 Å². The molecule has 0 spiro atoms. The fourth-order valence-electron chi connectivity index (χ4n) is 3.24. The van der Waals surface area contributed by atoms with E-state index in [0.29, 0.717) is 25.4 Å². The average molecular weight is 391 g/mol. The Labute approximate surface area is 168 Å². The highest BCUT2D eigenvalue weighted by Gasteiger charge is 2.33. The standard InChI is InChI=1S/C20H30N2O2.C2H4O2/c1-16(2)8-6-12-19(23)22-15-7-11-18(22)20(24)21-14-13-17-9-4-3-5-10-17;1-4-2-3/h3-5,9-10,16,18H,6-8,11-15H2,1-2H3,(H,21,24);2H,1H3. The summed E-state index contributed by atoms with van der Waals surface area (Å²) in [4.78, 5) is 35.6. The van der Waals surface area contributed by atoms with Gasteiger partial charge in [-0.3, -0.25) is 14.4 Å². The Kier molecular flexibility index (Phi) is 11.6. The van der Waals surface area contributed by atoms with Crippen molar-refractivity contribution in [2.75, 3.05) is 20.2 Å². The first-order chi connectivity index (χ1) is 13.5. The van der Waals surface area contributed by atoms with E-state index in [1.807, 2.05) is 18.2 Å². The molecule has 1 fully saturated rings. The number of benzene rings is 1. The number of hydrogen-bond donors (Lipinski definition) is 1. The Bertz CT molecular complexity index is 589. The van der Waals surface area contributed by atoms with Gasteiger partial charge in [-0.05, 0) is 37.2 Å². The average Bonchev–Trinajstić information content (AvgIpc) is 3.18. The first-order valence-corrected chi connectivity index (χ1v) is 10.1. The topological polar surface area (TPSA) is 75.7 Å². The van der Waals surface area contributed by atoms with Crippen LogP contribution in [0.5, 0.6) is 0 Å². The first kappa shape index (κ1) is 23.7. The number of hydrogen-bond acceptors (Lipinski definition) is 4. The van der Waals surface area contributed by atoms with Crippen LogP contribution in [0.25, 0.3) is 0 Å². The molecule has 1 aromatic rings. The molecule has 1 atom stereocenters. The van der Waals surface area contributed by atoms with Crippen molar-refractivity contribution in [2.45, 2.75) is 58.4 Å². The zero-order chi connectivity index (χ0) is 20.8. The number of ether oxygens (including phenoxy) is 1. The number of rotatable bonds is 9. The lowest BCUT2D eigenvalue weighted by Crippen LogP contribution is -2.46. The summed E-state index contributed by atoms with van der Waals surface area (Å²) in [6, 6.07) is 9.85. The molecule has 28 heavy (non-hydrogen) atoms.